The SMILES string of the molecule is C[SiH](C)ON1CC(C(C)(C)C)CC1(C(=O)OC(C)(C)C)C1CN(C(=O)OC(C)(C)C)C(=O)C1NC(=O)OCc1ccc([N+](=O)[O-])cc1. The molecule has 3 amide bonds. The van der Waals surface area contributed by atoms with E-state index in [0.29, 0.717) is 12.1 Å². The highest BCUT2D eigenvalue weighted by atomic mass is 28.3. The van der Waals surface area contributed by atoms with Gasteiger partial charge in [-0.2, -0.15) is 5.06 Å². The number of carbonyl (C=O) groups is 4. The van der Waals surface area contributed by atoms with E-state index in [-0.39, 0.29) is 36.6 Å². The Bertz CT molecular complexity index is 1350. The molecule has 2 heterocycles. The van der Waals surface area contributed by atoms with Gasteiger partial charge in [-0.25, -0.2) is 19.3 Å². The molecule has 2 fully saturated rings. The Morgan fingerprint density at radius 3 is 2.04 bits per heavy atom. The summed E-state index contributed by atoms with van der Waals surface area (Å²) in [6.45, 7) is 20.2. The number of likely N-dealkylation sites (tertiary alicyclic amines) is 1. The third kappa shape index (κ3) is 9.29. The van der Waals surface area contributed by atoms with Gasteiger partial charge in [-0.15, -0.1) is 0 Å². The molecule has 1 N–H and O–H groups in total. The number of imide groups is 1. The molecule has 0 radical (unpaired) electrons. The molecule has 0 spiro atoms. The number of hydroxylamine groups is 2. The van der Waals surface area contributed by atoms with Crippen molar-refractivity contribution in [3.63, 3.8) is 0 Å². The van der Waals surface area contributed by atoms with E-state index in [9.17, 15) is 29.3 Å². The van der Waals surface area contributed by atoms with Crippen molar-refractivity contribution in [3.05, 3.63) is 39.9 Å². The smallest absolute Gasteiger partial charge is 0.417 e. The summed E-state index contributed by atoms with van der Waals surface area (Å²) in [5.41, 5.74) is -3.30. The molecule has 2 aliphatic rings. The number of amides is 3. The number of hydrogen-bond acceptors (Lipinski definition) is 11. The molecule has 0 bridgehead atoms. The van der Waals surface area contributed by atoms with Gasteiger partial charge >= 0.3 is 18.2 Å². The molecule has 1 aromatic carbocycles. The number of alkyl carbamates (subject to hydrolysis) is 1. The van der Waals surface area contributed by atoms with Crippen LogP contribution in [0.25, 0.3) is 0 Å². The van der Waals surface area contributed by atoms with Crippen LogP contribution < -0.4 is 5.32 Å². The van der Waals surface area contributed by atoms with Gasteiger partial charge in [0.1, 0.15) is 29.4 Å². The van der Waals surface area contributed by atoms with E-state index < -0.39 is 66.7 Å². The molecule has 0 saturated carbocycles. The van der Waals surface area contributed by atoms with Gasteiger partial charge in [0.05, 0.1) is 4.92 Å². The first kappa shape index (κ1) is 37.9. The van der Waals surface area contributed by atoms with Crippen molar-refractivity contribution in [2.75, 3.05) is 13.1 Å². The van der Waals surface area contributed by atoms with Crippen molar-refractivity contribution in [2.45, 2.75) is 111 Å². The molecule has 4 unspecified atom stereocenters. The number of rotatable bonds is 8. The molecule has 47 heavy (non-hydrogen) atoms. The van der Waals surface area contributed by atoms with Gasteiger partial charge in [0.15, 0.2) is 9.04 Å². The zero-order valence-electron chi connectivity index (χ0n) is 29.4. The molecule has 15 heteroatoms. The van der Waals surface area contributed by atoms with Crippen LogP contribution in [0.4, 0.5) is 15.3 Å². The lowest BCUT2D eigenvalue weighted by Gasteiger charge is -2.43. The standard InChI is InChI=1S/C32H50N4O10Si/c1-29(2,3)21-16-32(26(38)44-30(4,5)6,35(17-21)46-47(10)11)23-18-34(28(40)45-31(7,8)9)25(37)24(23)33-27(39)43-19-20-12-14-22(15-13-20)36(41)42/h12-15,21,23-24,47H,16-19H2,1-11H3,(H,33,39). The second kappa shape index (κ2) is 13.9. The molecule has 14 nitrogen and oxygen atoms in total. The minimum atomic E-state index is -1.84. The molecule has 0 aliphatic carbocycles. The average molecular weight is 679 g/mol. The molecule has 1 aromatic rings. The van der Waals surface area contributed by atoms with E-state index in [1.54, 1.807) is 46.6 Å². The highest BCUT2D eigenvalue weighted by molar-refractivity contribution is 6.48. The Hall–Kier alpha value is -3.56. The minimum absolute atomic E-state index is 0.0804. The quantitative estimate of drug-likeness (QED) is 0.130. The topological polar surface area (TPSA) is 167 Å². The second-order valence-corrected chi connectivity index (χ2v) is 17.9. The Morgan fingerprint density at radius 1 is 0.979 bits per heavy atom. The summed E-state index contributed by atoms with van der Waals surface area (Å²) in [7, 11) is -1.84. The van der Waals surface area contributed by atoms with Gasteiger partial charge < -0.3 is 24.1 Å². The summed E-state index contributed by atoms with van der Waals surface area (Å²) < 4.78 is 23.4. The van der Waals surface area contributed by atoms with E-state index in [2.05, 4.69) is 26.1 Å². The number of nitrogens with zero attached hydrogens (tertiary/aromatic N) is 3. The number of esters is 1. The summed E-state index contributed by atoms with van der Waals surface area (Å²) in [6.07, 6.45) is -1.65. The highest BCUT2D eigenvalue weighted by Crippen LogP contribution is 2.50. The minimum Gasteiger partial charge on any atom is -0.459 e. The largest absolute Gasteiger partial charge is 0.459 e. The maximum absolute atomic E-state index is 14.5. The average Bonchev–Trinajstić information content (AvgIpc) is 3.44. The maximum Gasteiger partial charge on any atom is 0.417 e. The van der Waals surface area contributed by atoms with Crippen LogP contribution in [0.5, 0.6) is 0 Å². The number of nitro groups is 1. The number of ether oxygens (including phenoxy) is 3. The molecule has 0 aromatic heterocycles. The van der Waals surface area contributed by atoms with Crippen molar-refractivity contribution < 1.29 is 42.8 Å². The summed E-state index contributed by atoms with van der Waals surface area (Å²) in [5.74, 6) is -2.48. The molecule has 2 aliphatic heterocycles. The van der Waals surface area contributed by atoms with Crippen molar-refractivity contribution >= 4 is 38.8 Å². The zero-order valence-corrected chi connectivity index (χ0v) is 30.5. The fourth-order valence-corrected chi connectivity index (χ4v) is 6.53. The molecule has 2 saturated heterocycles. The highest BCUT2D eigenvalue weighted by Gasteiger charge is 2.66. The number of nitro benzene ring substituents is 1. The normalized spacial score (nSPS) is 24.0. The van der Waals surface area contributed by atoms with Crippen molar-refractivity contribution in [3.8, 4) is 0 Å². The van der Waals surface area contributed by atoms with Gasteiger partial charge in [-0.1, -0.05) is 20.8 Å². The van der Waals surface area contributed by atoms with Gasteiger partial charge in [0.2, 0.25) is 0 Å². The third-order valence-corrected chi connectivity index (χ3v) is 8.71. The van der Waals surface area contributed by atoms with Gasteiger partial charge in [0.25, 0.3) is 11.6 Å². The Labute approximate surface area is 278 Å². The molecular weight excluding hydrogens is 628 g/mol. The summed E-state index contributed by atoms with van der Waals surface area (Å²) in [6, 6.07) is 4.08. The summed E-state index contributed by atoms with van der Waals surface area (Å²) in [4.78, 5) is 66.6. The van der Waals surface area contributed by atoms with Gasteiger partial charge in [0, 0.05) is 31.1 Å². The van der Waals surface area contributed by atoms with E-state index >= 15 is 0 Å². The molecule has 262 valence electrons. The number of non-ortho nitro benzene ring substituents is 1. The van der Waals surface area contributed by atoms with E-state index in [1.807, 2.05) is 13.1 Å². The van der Waals surface area contributed by atoms with E-state index in [0.717, 1.165) is 4.90 Å². The molecule has 4 atom stereocenters. The Morgan fingerprint density at radius 2 is 1.55 bits per heavy atom. The van der Waals surface area contributed by atoms with Crippen LogP contribution in [0.15, 0.2) is 24.3 Å². The second-order valence-electron chi connectivity index (χ2n) is 15.6. The van der Waals surface area contributed by atoms with Crippen LogP contribution in [0.3, 0.4) is 0 Å². The fourth-order valence-electron chi connectivity index (χ4n) is 5.75. The summed E-state index contributed by atoms with van der Waals surface area (Å²) >= 11 is 0. The monoisotopic (exact) mass is 678 g/mol. The number of nitrogens with one attached hydrogen (secondary N) is 1. The van der Waals surface area contributed by atoms with Crippen molar-refractivity contribution in [1.82, 2.24) is 15.3 Å². The van der Waals surface area contributed by atoms with Crippen LogP contribution in [-0.4, -0.2) is 83.9 Å². The van der Waals surface area contributed by atoms with Crippen LogP contribution in [0.2, 0.25) is 13.1 Å². The zero-order chi connectivity index (χ0) is 35.7. The predicted molar refractivity (Wildman–Crippen MR) is 174 cm³/mol. The van der Waals surface area contributed by atoms with E-state index in [4.69, 9.17) is 18.7 Å². The van der Waals surface area contributed by atoms with Crippen molar-refractivity contribution in [1.29, 1.82) is 0 Å². The lowest BCUT2D eigenvalue weighted by atomic mass is 9.72. The van der Waals surface area contributed by atoms with Crippen LogP contribution in [-0.2, 0) is 34.9 Å². The van der Waals surface area contributed by atoms with Gasteiger partial charge in [-0.3, -0.25) is 14.9 Å². The summed E-state index contributed by atoms with van der Waals surface area (Å²) in [5, 5.41) is 15.3. The van der Waals surface area contributed by atoms with Crippen LogP contribution in [0.1, 0.15) is 74.3 Å². The molecule has 3 rings (SSSR count). The maximum atomic E-state index is 14.5. The predicted octanol–water partition coefficient (Wildman–Crippen LogP) is 4.95. The number of benzene rings is 1. The fraction of sp³-hybridized carbons (Fsp3) is 0.688. The lowest BCUT2D eigenvalue weighted by molar-refractivity contribution is -0.384. The number of hydrogen-bond donors (Lipinski definition) is 1. The first-order valence-corrected chi connectivity index (χ1v) is 18.6. The van der Waals surface area contributed by atoms with E-state index in [1.165, 1.54) is 24.3 Å². The van der Waals surface area contributed by atoms with Crippen LogP contribution >= 0.6 is 0 Å². The third-order valence-electron chi connectivity index (χ3n) is 8.04. The van der Waals surface area contributed by atoms with Gasteiger partial charge in [-0.05, 0) is 90.1 Å². The van der Waals surface area contributed by atoms with Crippen molar-refractivity contribution in [2.24, 2.45) is 17.3 Å². The lowest BCUT2D eigenvalue weighted by Crippen LogP contribution is -2.63. The number of carbonyl (C=O) groups excluding carboxylic acids is 4. The van der Waals surface area contributed by atoms with Crippen LogP contribution in [0, 0.1) is 27.4 Å². The Balaban J connectivity index is 2.08. The Kier molecular flexibility index (Phi) is 11.2. The first-order valence-electron chi connectivity index (χ1n) is 15.8. The molecular formula is C32H50N4O10Si. The first-order chi connectivity index (χ1) is 21.4.